The molecule has 0 spiro atoms. The highest BCUT2D eigenvalue weighted by atomic mass is 32.2. The van der Waals surface area contributed by atoms with Crippen molar-refractivity contribution < 1.29 is 0 Å². The van der Waals surface area contributed by atoms with Crippen molar-refractivity contribution in [2.45, 2.75) is 4.90 Å². The molecule has 0 N–H and O–H groups in total. The monoisotopic (exact) mass is 198 g/mol. The maximum absolute atomic E-state index is 4.57. The van der Waals surface area contributed by atoms with Crippen LogP contribution >= 0.6 is 11.8 Å². The summed E-state index contributed by atoms with van der Waals surface area (Å²) in [7, 11) is 0. The average Bonchev–Trinajstić information content (AvgIpc) is 2.86. The molecule has 1 heterocycles. The molecule has 1 aromatic rings. The molecule has 2 aliphatic rings. The minimum Gasteiger partial charge on any atom is -0.651 e. The molecule has 0 radical (unpaired) electrons. The zero-order chi connectivity index (χ0) is 9.38. The summed E-state index contributed by atoms with van der Waals surface area (Å²) in [5.41, 5.74) is 2.31. The van der Waals surface area contributed by atoms with Gasteiger partial charge < -0.3 is 5.32 Å². The quantitative estimate of drug-likeness (QED) is 0.611. The third-order valence-electron chi connectivity index (χ3n) is 2.20. The van der Waals surface area contributed by atoms with E-state index in [0.29, 0.717) is 0 Å². The van der Waals surface area contributed by atoms with Crippen molar-refractivity contribution in [3.8, 4) is 0 Å². The Morgan fingerprint density at radius 2 is 1.79 bits per heavy atom. The zero-order valence-corrected chi connectivity index (χ0v) is 8.29. The van der Waals surface area contributed by atoms with Crippen LogP contribution in [0.2, 0.25) is 0 Å². The summed E-state index contributed by atoms with van der Waals surface area (Å²) in [6.07, 6.45) is 8.28. The number of fused-ring (bicyclic) bond motifs is 1. The van der Waals surface area contributed by atoms with Crippen molar-refractivity contribution in [3.05, 3.63) is 64.5 Å². The van der Waals surface area contributed by atoms with Crippen LogP contribution in [-0.2, 0) is 0 Å². The van der Waals surface area contributed by atoms with Crippen molar-refractivity contribution in [2.24, 2.45) is 0 Å². The Morgan fingerprint density at radius 3 is 2.57 bits per heavy atom. The molecule has 1 aromatic carbocycles. The lowest BCUT2D eigenvalue weighted by Crippen LogP contribution is -1.71. The fraction of sp³-hybridized carbons (Fsp3) is 0. The second-order valence-electron chi connectivity index (χ2n) is 3.16. The first-order valence-corrected chi connectivity index (χ1v) is 5.33. The molecule has 1 nitrogen and oxygen atoms in total. The molecule has 0 amide bonds. The zero-order valence-electron chi connectivity index (χ0n) is 7.47. The maximum atomic E-state index is 4.57. The predicted molar refractivity (Wildman–Crippen MR) is 60.6 cm³/mol. The van der Waals surface area contributed by atoms with Crippen molar-refractivity contribution in [2.75, 3.05) is 0 Å². The maximum Gasteiger partial charge on any atom is -0.00430 e. The second-order valence-corrected chi connectivity index (χ2v) is 4.19. The first kappa shape index (κ1) is 7.94. The van der Waals surface area contributed by atoms with Crippen LogP contribution in [0.15, 0.2) is 64.1 Å². The SMILES string of the molecule is C1=CC(=C2[N-]c3ccccc3S2)C=C1. The van der Waals surface area contributed by atoms with Gasteiger partial charge in [-0.05, 0) is 16.5 Å². The first-order valence-electron chi connectivity index (χ1n) is 4.51. The molecule has 0 saturated heterocycles. The molecule has 14 heavy (non-hydrogen) atoms. The molecule has 0 bridgehead atoms. The molecule has 0 fully saturated rings. The van der Waals surface area contributed by atoms with E-state index in [4.69, 9.17) is 0 Å². The van der Waals surface area contributed by atoms with Crippen molar-refractivity contribution >= 4 is 17.4 Å². The van der Waals surface area contributed by atoms with Gasteiger partial charge in [-0.1, -0.05) is 47.5 Å². The van der Waals surface area contributed by atoms with Crippen LogP contribution in [0.1, 0.15) is 0 Å². The smallest absolute Gasteiger partial charge is 0.00430 e. The van der Waals surface area contributed by atoms with Crippen molar-refractivity contribution in [1.82, 2.24) is 0 Å². The molecule has 1 aliphatic heterocycles. The summed E-state index contributed by atoms with van der Waals surface area (Å²) in [6.45, 7) is 0. The molecular weight excluding hydrogens is 190 g/mol. The molecule has 68 valence electrons. The third-order valence-corrected chi connectivity index (χ3v) is 3.29. The van der Waals surface area contributed by atoms with Gasteiger partial charge in [-0.2, -0.15) is 0 Å². The lowest BCUT2D eigenvalue weighted by molar-refractivity contribution is 1.49. The van der Waals surface area contributed by atoms with E-state index in [1.54, 1.807) is 11.8 Å². The number of hydrogen-bond donors (Lipinski definition) is 0. The van der Waals surface area contributed by atoms with E-state index in [9.17, 15) is 0 Å². The van der Waals surface area contributed by atoms with Gasteiger partial charge >= 0.3 is 0 Å². The number of benzene rings is 1. The Morgan fingerprint density at radius 1 is 1.00 bits per heavy atom. The minimum atomic E-state index is 1.09. The van der Waals surface area contributed by atoms with E-state index in [2.05, 4.69) is 35.7 Å². The summed E-state index contributed by atoms with van der Waals surface area (Å²) in [4.78, 5) is 1.25. The first-order chi connectivity index (χ1) is 6.93. The summed E-state index contributed by atoms with van der Waals surface area (Å²) in [6, 6.07) is 8.24. The number of thioether (sulfide) groups is 1. The van der Waals surface area contributed by atoms with E-state index in [1.807, 2.05) is 18.2 Å². The minimum absolute atomic E-state index is 1.09. The standard InChI is InChI=1S/C12H8NS/c1-2-6-9(5-1)12-13-10-7-3-4-8-11(10)14-12/h1-8H/q-1. The third kappa shape index (κ3) is 1.19. The fourth-order valence-electron chi connectivity index (χ4n) is 1.51. The van der Waals surface area contributed by atoms with Crippen LogP contribution in [0, 0.1) is 0 Å². The molecule has 1 aliphatic carbocycles. The Balaban J connectivity index is 2.03. The van der Waals surface area contributed by atoms with E-state index in [1.165, 1.54) is 10.5 Å². The van der Waals surface area contributed by atoms with Crippen LogP contribution in [0.3, 0.4) is 0 Å². The topological polar surface area (TPSA) is 14.1 Å². The van der Waals surface area contributed by atoms with Crippen molar-refractivity contribution in [3.63, 3.8) is 0 Å². The van der Waals surface area contributed by atoms with Crippen LogP contribution in [0.25, 0.3) is 5.32 Å². The highest BCUT2D eigenvalue weighted by Crippen LogP contribution is 2.50. The molecule has 0 unspecified atom stereocenters. The summed E-state index contributed by atoms with van der Waals surface area (Å²) in [5.74, 6) is 0. The molecular formula is C12H8NS-. The lowest BCUT2D eigenvalue weighted by Gasteiger charge is -2.16. The molecule has 2 heteroatoms. The number of para-hydroxylation sites is 1. The van der Waals surface area contributed by atoms with Gasteiger partial charge in [0.2, 0.25) is 0 Å². The highest BCUT2D eigenvalue weighted by Gasteiger charge is 2.06. The second kappa shape index (κ2) is 3.07. The number of nitrogens with zero attached hydrogens (tertiary/aromatic N) is 1. The van der Waals surface area contributed by atoms with Gasteiger partial charge in [-0.3, -0.25) is 0 Å². The van der Waals surface area contributed by atoms with Crippen LogP contribution in [-0.4, -0.2) is 0 Å². The van der Waals surface area contributed by atoms with E-state index in [0.717, 1.165) is 10.7 Å². The Hall–Kier alpha value is -1.41. The van der Waals surface area contributed by atoms with E-state index in [-0.39, 0.29) is 0 Å². The van der Waals surface area contributed by atoms with Crippen molar-refractivity contribution in [1.29, 1.82) is 0 Å². The normalized spacial score (nSPS) is 17.4. The highest BCUT2D eigenvalue weighted by molar-refractivity contribution is 8.03. The van der Waals surface area contributed by atoms with Gasteiger partial charge in [0.15, 0.2) is 0 Å². The number of allylic oxidation sites excluding steroid dienone is 5. The van der Waals surface area contributed by atoms with Gasteiger partial charge in [0, 0.05) is 0 Å². The summed E-state index contributed by atoms with van der Waals surface area (Å²) < 4.78 is 0. The van der Waals surface area contributed by atoms with Crippen LogP contribution < -0.4 is 0 Å². The largest absolute Gasteiger partial charge is 0.651 e. The van der Waals surface area contributed by atoms with Gasteiger partial charge in [0.25, 0.3) is 0 Å². The molecule has 0 atom stereocenters. The van der Waals surface area contributed by atoms with Gasteiger partial charge in [-0.15, -0.1) is 17.4 Å². The predicted octanol–water partition coefficient (Wildman–Crippen LogP) is 4.14. The number of rotatable bonds is 0. The molecule has 3 rings (SSSR count). The van der Waals surface area contributed by atoms with Crippen LogP contribution in [0.4, 0.5) is 5.69 Å². The van der Waals surface area contributed by atoms with E-state index >= 15 is 0 Å². The molecule has 0 aromatic heterocycles. The van der Waals surface area contributed by atoms with Gasteiger partial charge in [0.05, 0.1) is 0 Å². The Kier molecular flexibility index (Phi) is 1.74. The number of hydrogen-bond acceptors (Lipinski definition) is 1. The fourth-order valence-corrected chi connectivity index (χ4v) is 2.48. The molecule has 0 saturated carbocycles. The van der Waals surface area contributed by atoms with Gasteiger partial charge in [-0.25, -0.2) is 0 Å². The van der Waals surface area contributed by atoms with Crippen LogP contribution in [0.5, 0.6) is 0 Å². The summed E-state index contributed by atoms with van der Waals surface area (Å²) in [5, 5.41) is 5.68. The van der Waals surface area contributed by atoms with E-state index < -0.39 is 0 Å². The van der Waals surface area contributed by atoms with Gasteiger partial charge in [0.1, 0.15) is 0 Å². The summed E-state index contributed by atoms with van der Waals surface area (Å²) >= 11 is 1.74. The average molecular weight is 198 g/mol. The Bertz CT molecular complexity index is 428. The lowest BCUT2D eigenvalue weighted by atomic mass is 10.3. The Labute approximate surface area is 87.2 Å².